The van der Waals surface area contributed by atoms with Gasteiger partial charge in [0.15, 0.2) is 5.78 Å². The molecule has 1 aliphatic heterocycles. The van der Waals surface area contributed by atoms with Gasteiger partial charge in [-0.3, -0.25) is 19.5 Å². The Labute approximate surface area is 205 Å². The Balaban J connectivity index is 1.14. The van der Waals surface area contributed by atoms with Gasteiger partial charge in [-0.05, 0) is 67.9 Å². The van der Waals surface area contributed by atoms with Gasteiger partial charge in [0.1, 0.15) is 0 Å². The fraction of sp³-hybridized carbons (Fsp3) is 0.333. The highest BCUT2D eigenvalue weighted by Crippen LogP contribution is 2.34. The van der Waals surface area contributed by atoms with E-state index in [-0.39, 0.29) is 5.78 Å². The van der Waals surface area contributed by atoms with E-state index in [9.17, 15) is 4.79 Å². The third-order valence-corrected chi connectivity index (χ3v) is 7.61. The van der Waals surface area contributed by atoms with E-state index < -0.39 is 0 Å². The largest absolute Gasteiger partial charge is 0.294 e. The van der Waals surface area contributed by atoms with E-state index in [1.807, 2.05) is 31.5 Å². The highest BCUT2D eigenvalue weighted by atomic mass is 16.1. The number of ketones is 1. The molecule has 4 aromatic rings. The van der Waals surface area contributed by atoms with Crippen molar-refractivity contribution in [1.29, 1.82) is 0 Å². The van der Waals surface area contributed by atoms with E-state index in [2.05, 4.69) is 57.2 Å². The Bertz CT molecular complexity index is 1430. The molecule has 0 spiro atoms. The summed E-state index contributed by atoms with van der Waals surface area (Å²) in [6.45, 7) is 3.60. The minimum atomic E-state index is 0.250. The Morgan fingerprint density at radius 1 is 1.06 bits per heavy atom. The minimum Gasteiger partial charge on any atom is -0.294 e. The second kappa shape index (κ2) is 9.21. The summed E-state index contributed by atoms with van der Waals surface area (Å²) >= 11 is 0. The van der Waals surface area contributed by atoms with Crippen LogP contribution in [0.3, 0.4) is 0 Å². The van der Waals surface area contributed by atoms with E-state index >= 15 is 0 Å². The summed E-state index contributed by atoms with van der Waals surface area (Å²) < 4.78 is 2.15. The first kappa shape index (κ1) is 21.9. The van der Waals surface area contributed by atoms with Crippen molar-refractivity contribution in [3.8, 4) is 0 Å². The van der Waals surface area contributed by atoms with Crippen molar-refractivity contribution in [2.75, 3.05) is 0 Å². The van der Waals surface area contributed by atoms with Gasteiger partial charge in [-0.25, -0.2) is 0 Å². The Morgan fingerprint density at radius 2 is 1.94 bits per heavy atom. The number of hydrogen-bond acceptors (Lipinski definition) is 4. The highest BCUT2D eigenvalue weighted by molar-refractivity contribution is 6.16. The van der Waals surface area contributed by atoms with E-state index in [1.54, 1.807) is 0 Å². The average Bonchev–Trinajstić information content (AvgIpc) is 3.48. The molecule has 5 nitrogen and oxygen atoms in total. The van der Waals surface area contributed by atoms with Crippen molar-refractivity contribution >= 4 is 22.4 Å². The van der Waals surface area contributed by atoms with Crippen LogP contribution >= 0.6 is 0 Å². The molecular formula is C30H30N4O. The summed E-state index contributed by atoms with van der Waals surface area (Å²) in [5.74, 6) is 1.26. The monoisotopic (exact) mass is 462 g/mol. The first-order chi connectivity index (χ1) is 17.1. The van der Waals surface area contributed by atoms with Gasteiger partial charge in [-0.15, -0.1) is 0 Å². The molecule has 6 rings (SSSR count). The van der Waals surface area contributed by atoms with Crippen molar-refractivity contribution in [2.45, 2.75) is 52.1 Å². The Kier molecular flexibility index (Phi) is 5.77. The zero-order valence-electron chi connectivity index (χ0n) is 20.2. The second-order valence-electron chi connectivity index (χ2n) is 10.1. The summed E-state index contributed by atoms with van der Waals surface area (Å²) in [4.78, 5) is 22.4. The van der Waals surface area contributed by atoms with Gasteiger partial charge in [-0.1, -0.05) is 36.8 Å². The SMILES string of the molecule is Cc1cc(C2=NCc3ccc(C(=O)CC4CCCC(Cn5ncc6ccccc65)C4)cc32)ccn1. The van der Waals surface area contributed by atoms with Crippen LogP contribution in [-0.2, 0) is 13.1 Å². The number of aromatic nitrogens is 3. The quantitative estimate of drug-likeness (QED) is 0.322. The van der Waals surface area contributed by atoms with Crippen LogP contribution in [-0.4, -0.2) is 26.3 Å². The second-order valence-corrected chi connectivity index (χ2v) is 10.1. The molecule has 0 N–H and O–H groups in total. The van der Waals surface area contributed by atoms with Crippen LogP contribution in [0.15, 0.2) is 72.0 Å². The zero-order chi connectivity index (χ0) is 23.8. The van der Waals surface area contributed by atoms with E-state index in [0.717, 1.165) is 47.5 Å². The number of rotatable bonds is 6. The molecule has 176 valence electrons. The molecule has 2 aromatic heterocycles. The summed E-state index contributed by atoms with van der Waals surface area (Å²) in [6, 6.07) is 18.6. The molecular weight excluding hydrogens is 432 g/mol. The number of pyridine rings is 1. The third kappa shape index (κ3) is 4.43. The number of aliphatic imine (C=N–C) groups is 1. The van der Waals surface area contributed by atoms with Crippen molar-refractivity contribution in [1.82, 2.24) is 14.8 Å². The maximum absolute atomic E-state index is 13.3. The number of aryl methyl sites for hydroxylation is 1. The van der Waals surface area contributed by atoms with Crippen molar-refractivity contribution in [2.24, 2.45) is 16.8 Å². The third-order valence-electron chi connectivity index (χ3n) is 7.61. The summed E-state index contributed by atoms with van der Waals surface area (Å²) in [5, 5.41) is 5.82. The number of nitrogens with zero attached hydrogens (tertiary/aromatic N) is 4. The first-order valence-corrected chi connectivity index (χ1v) is 12.7. The fourth-order valence-electron chi connectivity index (χ4n) is 5.85. The molecule has 2 unspecified atom stereocenters. The molecule has 0 saturated heterocycles. The maximum Gasteiger partial charge on any atom is 0.163 e. The molecule has 0 bridgehead atoms. The average molecular weight is 463 g/mol. The van der Waals surface area contributed by atoms with Gasteiger partial charge >= 0.3 is 0 Å². The van der Waals surface area contributed by atoms with Gasteiger partial charge < -0.3 is 0 Å². The smallest absolute Gasteiger partial charge is 0.163 e. The molecule has 35 heavy (non-hydrogen) atoms. The highest BCUT2D eigenvalue weighted by Gasteiger charge is 2.26. The van der Waals surface area contributed by atoms with E-state index in [4.69, 9.17) is 4.99 Å². The molecule has 1 aliphatic carbocycles. The summed E-state index contributed by atoms with van der Waals surface area (Å²) in [6.07, 6.45) is 9.02. The van der Waals surface area contributed by atoms with Crippen LogP contribution in [0.4, 0.5) is 0 Å². The molecule has 2 aliphatic rings. The minimum absolute atomic E-state index is 0.250. The zero-order valence-corrected chi connectivity index (χ0v) is 20.2. The van der Waals surface area contributed by atoms with Gasteiger partial charge in [-0.2, -0.15) is 5.10 Å². The lowest BCUT2D eigenvalue weighted by Crippen LogP contribution is -2.22. The Morgan fingerprint density at radius 3 is 2.86 bits per heavy atom. The van der Waals surface area contributed by atoms with Crippen LogP contribution < -0.4 is 0 Å². The summed E-state index contributed by atoms with van der Waals surface area (Å²) in [5.41, 5.74) is 7.31. The molecule has 1 fully saturated rings. The molecule has 0 amide bonds. The van der Waals surface area contributed by atoms with Crippen LogP contribution in [0.5, 0.6) is 0 Å². The number of carbonyl (C=O) groups is 1. The maximum atomic E-state index is 13.3. The first-order valence-electron chi connectivity index (χ1n) is 12.7. The number of carbonyl (C=O) groups excluding carboxylic acids is 1. The lowest BCUT2D eigenvalue weighted by atomic mass is 9.78. The van der Waals surface area contributed by atoms with Crippen LogP contribution in [0.25, 0.3) is 10.9 Å². The van der Waals surface area contributed by atoms with Gasteiger partial charge in [0.05, 0.1) is 24.0 Å². The van der Waals surface area contributed by atoms with Gasteiger partial charge in [0.2, 0.25) is 0 Å². The van der Waals surface area contributed by atoms with Crippen LogP contribution in [0, 0.1) is 18.8 Å². The fourth-order valence-corrected chi connectivity index (χ4v) is 5.85. The predicted molar refractivity (Wildman–Crippen MR) is 139 cm³/mol. The van der Waals surface area contributed by atoms with Crippen LogP contribution in [0.2, 0.25) is 0 Å². The lowest BCUT2D eigenvalue weighted by molar-refractivity contribution is 0.0936. The van der Waals surface area contributed by atoms with E-state index in [0.29, 0.717) is 24.8 Å². The standard InChI is InChI=1S/C30H30N4O/c1-20-13-24(11-12-31-20)30-27-16-23(9-10-25(27)17-32-30)29(35)15-21-5-4-6-22(14-21)19-34-28-8-3-2-7-26(28)18-33-34/h2-3,7-13,16,18,21-22H,4-6,14-15,17,19H2,1H3. The number of Topliss-reactive ketones (excluding diaryl/α,β-unsaturated/α-hetero) is 1. The van der Waals surface area contributed by atoms with Crippen molar-refractivity contribution in [3.63, 3.8) is 0 Å². The van der Waals surface area contributed by atoms with E-state index in [1.165, 1.54) is 29.3 Å². The van der Waals surface area contributed by atoms with Crippen molar-refractivity contribution in [3.05, 3.63) is 94.9 Å². The normalized spacial score (nSPS) is 19.5. The molecule has 1 saturated carbocycles. The molecule has 2 aromatic carbocycles. The van der Waals surface area contributed by atoms with Gasteiger partial charge in [0.25, 0.3) is 0 Å². The molecule has 5 heteroatoms. The number of hydrogen-bond donors (Lipinski definition) is 0. The van der Waals surface area contributed by atoms with Gasteiger partial charge in [0, 0.05) is 46.9 Å². The van der Waals surface area contributed by atoms with Crippen molar-refractivity contribution < 1.29 is 4.79 Å². The molecule has 2 atom stereocenters. The number of para-hydroxylation sites is 1. The Hall–Kier alpha value is -3.60. The number of fused-ring (bicyclic) bond motifs is 2. The lowest BCUT2D eigenvalue weighted by Gasteiger charge is -2.29. The van der Waals surface area contributed by atoms with Crippen LogP contribution in [0.1, 0.15) is 64.8 Å². The predicted octanol–water partition coefficient (Wildman–Crippen LogP) is 6.17. The number of benzene rings is 2. The molecule has 0 radical (unpaired) electrons. The molecule has 3 heterocycles. The topological polar surface area (TPSA) is 60.1 Å². The summed E-state index contributed by atoms with van der Waals surface area (Å²) in [7, 11) is 0.